The van der Waals surface area contributed by atoms with Crippen molar-refractivity contribution in [1.29, 1.82) is 0 Å². The Hall–Kier alpha value is -1.81. The number of benzene rings is 1. The summed E-state index contributed by atoms with van der Waals surface area (Å²) in [7, 11) is 1.95. The van der Waals surface area contributed by atoms with Gasteiger partial charge >= 0.3 is 6.01 Å². The van der Waals surface area contributed by atoms with Crippen LogP contribution in [-0.2, 0) is 6.54 Å². The summed E-state index contributed by atoms with van der Waals surface area (Å²) in [6.45, 7) is 6.09. The zero-order chi connectivity index (χ0) is 13.7. The molecule has 0 spiro atoms. The molecule has 0 saturated heterocycles. The van der Waals surface area contributed by atoms with E-state index >= 15 is 0 Å². The van der Waals surface area contributed by atoms with Gasteiger partial charge in [0.2, 0.25) is 0 Å². The number of para-hydroxylation sites is 1. The summed E-state index contributed by atoms with van der Waals surface area (Å²) in [5.41, 5.74) is 1.99. The van der Waals surface area contributed by atoms with Crippen molar-refractivity contribution in [3.63, 3.8) is 0 Å². The molecule has 4 nitrogen and oxygen atoms in total. The number of hydrogen-bond acceptors (Lipinski definition) is 4. The predicted molar refractivity (Wildman–Crippen MR) is 77.6 cm³/mol. The quantitative estimate of drug-likeness (QED) is 0.865. The van der Waals surface area contributed by atoms with Gasteiger partial charge in [-0.3, -0.25) is 4.90 Å². The maximum absolute atomic E-state index is 5.51. The number of rotatable bonds is 6. The molecule has 0 bridgehead atoms. The maximum atomic E-state index is 5.51. The highest BCUT2D eigenvalue weighted by Gasteiger charge is 2.10. The lowest BCUT2D eigenvalue weighted by Crippen LogP contribution is -2.19. The van der Waals surface area contributed by atoms with Crippen LogP contribution in [0.3, 0.4) is 0 Å². The van der Waals surface area contributed by atoms with E-state index in [1.54, 1.807) is 6.26 Å². The normalized spacial score (nSPS) is 10.9. The van der Waals surface area contributed by atoms with Gasteiger partial charge in [0.1, 0.15) is 6.26 Å². The lowest BCUT2D eigenvalue weighted by Gasteiger charge is -2.13. The number of nitrogens with zero attached hydrogens (tertiary/aromatic N) is 2. The van der Waals surface area contributed by atoms with Gasteiger partial charge in [0.15, 0.2) is 0 Å². The van der Waals surface area contributed by atoms with Crippen molar-refractivity contribution < 1.29 is 4.42 Å². The summed E-state index contributed by atoms with van der Waals surface area (Å²) in [5, 5.41) is 3.35. The molecule has 0 saturated carbocycles. The van der Waals surface area contributed by atoms with Crippen LogP contribution in [0.2, 0.25) is 0 Å². The molecule has 4 heteroatoms. The minimum absolute atomic E-state index is 0.618. The van der Waals surface area contributed by atoms with E-state index in [2.05, 4.69) is 24.1 Å². The first-order valence-corrected chi connectivity index (χ1v) is 6.60. The first kappa shape index (κ1) is 13.6. The Labute approximate surface area is 114 Å². The van der Waals surface area contributed by atoms with Gasteiger partial charge in [-0.1, -0.05) is 32.0 Å². The molecule has 1 aromatic heterocycles. The molecule has 2 aromatic rings. The summed E-state index contributed by atoms with van der Waals surface area (Å²) in [6, 6.07) is 10.7. The van der Waals surface area contributed by atoms with Crippen molar-refractivity contribution in [1.82, 2.24) is 10.3 Å². The first-order chi connectivity index (χ1) is 9.16. The molecule has 0 aliphatic heterocycles. The van der Waals surface area contributed by atoms with Crippen LogP contribution in [0, 0.1) is 5.92 Å². The molecule has 0 amide bonds. The van der Waals surface area contributed by atoms with E-state index in [9.17, 15) is 0 Å². The standard InChI is InChI=1S/C15H21N3O/c1-12(2)9-16-10-13-11-19-15(17-13)18(3)14-7-5-4-6-8-14/h4-8,11-12,16H,9-10H2,1-3H3. The maximum Gasteiger partial charge on any atom is 0.301 e. The zero-order valence-electron chi connectivity index (χ0n) is 11.8. The van der Waals surface area contributed by atoms with Crippen molar-refractivity contribution in [2.24, 2.45) is 5.92 Å². The van der Waals surface area contributed by atoms with E-state index in [0.717, 1.165) is 24.5 Å². The summed E-state index contributed by atoms with van der Waals surface area (Å²) < 4.78 is 5.51. The number of oxazole rings is 1. The van der Waals surface area contributed by atoms with Gasteiger partial charge in [-0.05, 0) is 24.6 Å². The van der Waals surface area contributed by atoms with Crippen LogP contribution < -0.4 is 10.2 Å². The Morgan fingerprint density at radius 1 is 1.26 bits per heavy atom. The molecule has 2 rings (SSSR count). The average molecular weight is 259 g/mol. The molecule has 0 atom stereocenters. The predicted octanol–water partition coefficient (Wildman–Crippen LogP) is 3.19. The van der Waals surface area contributed by atoms with Gasteiger partial charge in [-0.25, -0.2) is 0 Å². The summed E-state index contributed by atoms with van der Waals surface area (Å²) in [6.07, 6.45) is 1.71. The number of anilines is 2. The number of nitrogens with one attached hydrogen (secondary N) is 1. The van der Waals surface area contributed by atoms with Gasteiger partial charge in [0, 0.05) is 19.3 Å². The molecule has 0 unspecified atom stereocenters. The van der Waals surface area contributed by atoms with Crippen molar-refractivity contribution >= 4 is 11.7 Å². The fourth-order valence-corrected chi connectivity index (χ4v) is 1.78. The van der Waals surface area contributed by atoms with Crippen molar-refractivity contribution in [3.05, 3.63) is 42.3 Å². The molecule has 0 radical (unpaired) electrons. The van der Waals surface area contributed by atoms with Crippen molar-refractivity contribution in [3.8, 4) is 0 Å². The number of aromatic nitrogens is 1. The molecule has 0 aliphatic carbocycles. The number of hydrogen-bond donors (Lipinski definition) is 1. The third-order valence-corrected chi connectivity index (χ3v) is 2.83. The summed E-state index contributed by atoms with van der Waals surface area (Å²) in [4.78, 5) is 6.42. The molecular formula is C15H21N3O. The van der Waals surface area contributed by atoms with E-state index in [0.29, 0.717) is 11.9 Å². The summed E-state index contributed by atoms with van der Waals surface area (Å²) in [5.74, 6) is 0.637. The van der Waals surface area contributed by atoms with Crippen LogP contribution in [-0.4, -0.2) is 18.6 Å². The second kappa shape index (κ2) is 6.38. The Morgan fingerprint density at radius 3 is 2.68 bits per heavy atom. The van der Waals surface area contributed by atoms with Crippen LogP contribution in [0.5, 0.6) is 0 Å². The molecular weight excluding hydrogens is 238 g/mol. The Morgan fingerprint density at radius 2 is 2.00 bits per heavy atom. The fraction of sp³-hybridized carbons (Fsp3) is 0.400. The van der Waals surface area contributed by atoms with E-state index in [4.69, 9.17) is 4.42 Å². The molecule has 1 heterocycles. The van der Waals surface area contributed by atoms with Crippen LogP contribution >= 0.6 is 0 Å². The third-order valence-electron chi connectivity index (χ3n) is 2.83. The largest absolute Gasteiger partial charge is 0.431 e. The second-order valence-corrected chi connectivity index (χ2v) is 5.04. The van der Waals surface area contributed by atoms with E-state index in [1.807, 2.05) is 42.3 Å². The van der Waals surface area contributed by atoms with Crippen LogP contribution in [0.4, 0.5) is 11.7 Å². The smallest absolute Gasteiger partial charge is 0.301 e. The Kier molecular flexibility index (Phi) is 4.58. The van der Waals surface area contributed by atoms with Gasteiger partial charge < -0.3 is 9.73 Å². The summed E-state index contributed by atoms with van der Waals surface area (Å²) >= 11 is 0. The van der Waals surface area contributed by atoms with Gasteiger partial charge in [0.25, 0.3) is 0 Å². The molecule has 102 valence electrons. The lowest BCUT2D eigenvalue weighted by molar-refractivity contribution is 0.540. The second-order valence-electron chi connectivity index (χ2n) is 5.04. The fourth-order valence-electron chi connectivity index (χ4n) is 1.78. The van der Waals surface area contributed by atoms with Crippen LogP contribution in [0.25, 0.3) is 0 Å². The monoisotopic (exact) mass is 259 g/mol. The van der Waals surface area contributed by atoms with Gasteiger partial charge in [-0.15, -0.1) is 0 Å². The minimum atomic E-state index is 0.618. The zero-order valence-corrected chi connectivity index (χ0v) is 11.8. The van der Waals surface area contributed by atoms with Gasteiger partial charge in [0.05, 0.1) is 5.69 Å². The Balaban J connectivity index is 1.97. The van der Waals surface area contributed by atoms with Crippen LogP contribution in [0.1, 0.15) is 19.5 Å². The molecule has 19 heavy (non-hydrogen) atoms. The van der Waals surface area contributed by atoms with Crippen molar-refractivity contribution in [2.45, 2.75) is 20.4 Å². The van der Waals surface area contributed by atoms with E-state index < -0.39 is 0 Å². The van der Waals surface area contributed by atoms with Gasteiger partial charge in [-0.2, -0.15) is 4.98 Å². The highest BCUT2D eigenvalue weighted by Crippen LogP contribution is 2.22. The molecule has 0 aliphatic rings. The highest BCUT2D eigenvalue weighted by atomic mass is 16.4. The third kappa shape index (κ3) is 3.83. The Bertz CT molecular complexity index is 493. The van der Waals surface area contributed by atoms with Crippen molar-refractivity contribution in [2.75, 3.05) is 18.5 Å². The molecule has 1 N–H and O–H groups in total. The van der Waals surface area contributed by atoms with Crippen LogP contribution in [0.15, 0.2) is 41.0 Å². The lowest BCUT2D eigenvalue weighted by atomic mass is 10.2. The SMILES string of the molecule is CC(C)CNCc1coc(N(C)c2ccccc2)n1. The minimum Gasteiger partial charge on any atom is -0.431 e. The molecule has 1 aromatic carbocycles. The van der Waals surface area contributed by atoms with E-state index in [-0.39, 0.29) is 0 Å². The molecule has 0 fully saturated rings. The first-order valence-electron chi connectivity index (χ1n) is 6.60. The average Bonchev–Trinajstić information content (AvgIpc) is 2.87. The van der Waals surface area contributed by atoms with E-state index in [1.165, 1.54) is 0 Å². The highest BCUT2D eigenvalue weighted by molar-refractivity contribution is 5.54. The topological polar surface area (TPSA) is 41.3 Å².